The number of amidine groups is 1. The van der Waals surface area contributed by atoms with Crippen LogP contribution in [-0.4, -0.2) is 24.1 Å². The van der Waals surface area contributed by atoms with E-state index >= 15 is 0 Å². The molecule has 3 nitrogen and oxygen atoms in total. The number of aliphatic imine (C=N–C) groups is 1. The molecule has 0 radical (unpaired) electrons. The van der Waals surface area contributed by atoms with Crippen LogP contribution in [0.1, 0.15) is 12.0 Å². The molecule has 3 rings (SSSR count). The normalized spacial score (nSPS) is 31.6. The number of fused-ring (bicyclic) bond motifs is 1. The molecular weight excluding hydrogens is 312 g/mol. The molecule has 0 aliphatic carbocycles. The van der Waals surface area contributed by atoms with Crippen molar-refractivity contribution in [3.8, 4) is 0 Å². The Labute approximate surface area is 119 Å². The van der Waals surface area contributed by atoms with Crippen molar-refractivity contribution in [1.82, 2.24) is 0 Å². The standard InChI is InChI=1S/C13H15BrN2OS/c14-11-3-1-2-9(6-11)13-4-5-17-7-10(13)8-18-12(15)16-13/h1-3,6,10H,4-5,7-8H2,(H2,15,16)/t10?,13-/m1/s1. The zero-order valence-corrected chi connectivity index (χ0v) is 12.3. The number of hydrogen-bond donors (Lipinski definition) is 1. The fourth-order valence-electron chi connectivity index (χ4n) is 2.75. The lowest BCUT2D eigenvalue weighted by Crippen LogP contribution is -2.46. The summed E-state index contributed by atoms with van der Waals surface area (Å²) in [7, 11) is 0. The SMILES string of the molecule is NC1=N[C@@]2(c3cccc(Br)c3)CCOCC2CS1. The van der Waals surface area contributed by atoms with Gasteiger partial charge in [-0.15, -0.1) is 0 Å². The van der Waals surface area contributed by atoms with E-state index in [4.69, 9.17) is 15.5 Å². The average Bonchev–Trinajstić information content (AvgIpc) is 2.38. The van der Waals surface area contributed by atoms with E-state index in [9.17, 15) is 0 Å². The molecule has 18 heavy (non-hydrogen) atoms. The van der Waals surface area contributed by atoms with Crippen molar-refractivity contribution in [3.05, 3.63) is 34.3 Å². The van der Waals surface area contributed by atoms with Crippen LogP contribution in [0.4, 0.5) is 0 Å². The molecule has 2 N–H and O–H groups in total. The van der Waals surface area contributed by atoms with Crippen LogP contribution in [-0.2, 0) is 10.3 Å². The van der Waals surface area contributed by atoms with E-state index in [1.54, 1.807) is 11.8 Å². The number of hydrogen-bond acceptors (Lipinski definition) is 4. The maximum absolute atomic E-state index is 5.96. The van der Waals surface area contributed by atoms with Crippen molar-refractivity contribution < 1.29 is 4.74 Å². The van der Waals surface area contributed by atoms with Crippen LogP contribution in [0.3, 0.4) is 0 Å². The van der Waals surface area contributed by atoms with Crippen molar-refractivity contribution >= 4 is 32.9 Å². The van der Waals surface area contributed by atoms with Crippen molar-refractivity contribution in [2.75, 3.05) is 19.0 Å². The summed E-state index contributed by atoms with van der Waals surface area (Å²) in [4.78, 5) is 4.80. The van der Waals surface area contributed by atoms with Crippen LogP contribution in [0.25, 0.3) is 0 Å². The highest BCUT2D eigenvalue weighted by Gasteiger charge is 2.45. The Hall–Kier alpha value is -0.520. The van der Waals surface area contributed by atoms with Crippen LogP contribution < -0.4 is 5.73 Å². The largest absolute Gasteiger partial charge is 0.381 e. The number of nitrogens with zero attached hydrogens (tertiary/aromatic N) is 1. The second-order valence-corrected chi connectivity index (χ2v) is 6.67. The second-order valence-electron chi connectivity index (χ2n) is 4.72. The van der Waals surface area contributed by atoms with E-state index in [1.165, 1.54) is 5.56 Å². The van der Waals surface area contributed by atoms with Gasteiger partial charge in [-0.2, -0.15) is 0 Å². The minimum absolute atomic E-state index is 0.183. The summed E-state index contributed by atoms with van der Waals surface area (Å²) < 4.78 is 6.71. The van der Waals surface area contributed by atoms with E-state index in [1.807, 2.05) is 6.07 Å². The van der Waals surface area contributed by atoms with Crippen LogP contribution >= 0.6 is 27.7 Å². The van der Waals surface area contributed by atoms with E-state index in [0.717, 1.165) is 29.9 Å². The molecule has 2 aliphatic rings. The molecule has 0 spiro atoms. The Kier molecular flexibility index (Phi) is 3.38. The van der Waals surface area contributed by atoms with Gasteiger partial charge in [-0.3, -0.25) is 4.99 Å². The monoisotopic (exact) mass is 326 g/mol. The minimum Gasteiger partial charge on any atom is -0.381 e. The fourth-order valence-corrected chi connectivity index (χ4v) is 4.12. The molecule has 1 saturated heterocycles. The first kappa shape index (κ1) is 12.5. The molecule has 0 amide bonds. The summed E-state index contributed by atoms with van der Waals surface area (Å²) in [5.41, 5.74) is 7.02. The van der Waals surface area contributed by atoms with Crippen molar-refractivity contribution in [2.24, 2.45) is 16.6 Å². The van der Waals surface area contributed by atoms with Gasteiger partial charge in [-0.25, -0.2) is 0 Å². The van der Waals surface area contributed by atoms with E-state index < -0.39 is 0 Å². The zero-order valence-electron chi connectivity index (χ0n) is 9.93. The number of thioether (sulfide) groups is 1. The quantitative estimate of drug-likeness (QED) is 0.863. The smallest absolute Gasteiger partial charge is 0.154 e. The molecule has 2 atom stereocenters. The third-order valence-corrected chi connectivity index (χ3v) is 5.14. The van der Waals surface area contributed by atoms with Gasteiger partial charge in [-0.05, 0) is 17.7 Å². The van der Waals surface area contributed by atoms with E-state index in [0.29, 0.717) is 11.1 Å². The van der Waals surface area contributed by atoms with Gasteiger partial charge in [-0.1, -0.05) is 39.8 Å². The lowest BCUT2D eigenvalue weighted by molar-refractivity contribution is 0.0101. The van der Waals surface area contributed by atoms with Crippen LogP contribution in [0.15, 0.2) is 33.7 Å². The highest BCUT2D eigenvalue weighted by atomic mass is 79.9. The Morgan fingerprint density at radius 2 is 2.39 bits per heavy atom. The molecule has 1 aromatic carbocycles. The molecule has 0 aromatic heterocycles. The van der Waals surface area contributed by atoms with Gasteiger partial charge >= 0.3 is 0 Å². The topological polar surface area (TPSA) is 47.6 Å². The number of halogens is 1. The Balaban J connectivity index is 2.10. The van der Waals surface area contributed by atoms with Crippen molar-refractivity contribution in [2.45, 2.75) is 12.0 Å². The summed E-state index contributed by atoms with van der Waals surface area (Å²) in [5, 5.41) is 0.702. The highest BCUT2D eigenvalue weighted by Crippen LogP contribution is 2.45. The van der Waals surface area contributed by atoms with Gasteiger partial charge in [0.25, 0.3) is 0 Å². The lowest BCUT2D eigenvalue weighted by Gasteiger charge is -2.43. The molecule has 0 saturated carbocycles. The fraction of sp³-hybridized carbons (Fsp3) is 0.462. The number of rotatable bonds is 1. The van der Waals surface area contributed by atoms with Gasteiger partial charge in [0, 0.05) is 29.2 Å². The number of nitrogens with two attached hydrogens (primary N) is 1. The highest BCUT2D eigenvalue weighted by molar-refractivity contribution is 9.10. The first-order valence-electron chi connectivity index (χ1n) is 6.03. The van der Waals surface area contributed by atoms with Gasteiger partial charge < -0.3 is 10.5 Å². The Morgan fingerprint density at radius 3 is 3.22 bits per heavy atom. The number of benzene rings is 1. The van der Waals surface area contributed by atoms with Crippen LogP contribution in [0.2, 0.25) is 0 Å². The van der Waals surface area contributed by atoms with Crippen molar-refractivity contribution in [1.29, 1.82) is 0 Å². The molecule has 1 fully saturated rings. The lowest BCUT2D eigenvalue weighted by atomic mass is 9.76. The molecule has 1 unspecified atom stereocenters. The molecule has 0 bridgehead atoms. The predicted molar refractivity (Wildman–Crippen MR) is 78.8 cm³/mol. The maximum atomic E-state index is 5.96. The Bertz CT molecular complexity index is 494. The zero-order chi connectivity index (χ0) is 12.6. The van der Waals surface area contributed by atoms with Gasteiger partial charge in [0.15, 0.2) is 5.17 Å². The third kappa shape index (κ3) is 2.08. The summed E-state index contributed by atoms with van der Waals surface area (Å²) in [6.45, 7) is 1.53. The summed E-state index contributed by atoms with van der Waals surface area (Å²) in [5.74, 6) is 1.40. The summed E-state index contributed by atoms with van der Waals surface area (Å²) >= 11 is 5.18. The third-order valence-electron chi connectivity index (χ3n) is 3.69. The molecule has 5 heteroatoms. The molecule has 96 valence electrons. The first-order chi connectivity index (χ1) is 8.71. The van der Waals surface area contributed by atoms with Crippen LogP contribution in [0, 0.1) is 5.92 Å². The molecule has 2 aliphatic heterocycles. The Morgan fingerprint density at radius 1 is 1.50 bits per heavy atom. The molecule has 1 aromatic rings. The molecule has 2 heterocycles. The summed E-state index contributed by atoms with van der Waals surface area (Å²) in [6.07, 6.45) is 0.912. The second kappa shape index (κ2) is 4.87. The van der Waals surface area contributed by atoms with Gasteiger partial charge in [0.1, 0.15) is 0 Å². The minimum atomic E-state index is -0.183. The first-order valence-corrected chi connectivity index (χ1v) is 7.80. The van der Waals surface area contributed by atoms with Crippen molar-refractivity contribution in [3.63, 3.8) is 0 Å². The maximum Gasteiger partial charge on any atom is 0.154 e. The van der Waals surface area contributed by atoms with E-state index in [2.05, 4.69) is 34.1 Å². The van der Waals surface area contributed by atoms with Gasteiger partial charge in [0.2, 0.25) is 0 Å². The van der Waals surface area contributed by atoms with Crippen LogP contribution in [0.5, 0.6) is 0 Å². The van der Waals surface area contributed by atoms with E-state index in [-0.39, 0.29) is 5.54 Å². The van der Waals surface area contributed by atoms with Gasteiger partial charge in [0.05, 0.1) is 12.1 Å². The predicted octanol–water partition coefficient (Wildman–Crippen LogP) is 2.74. The average molecular weight is 327 g/mol. The molecular formula is C13H15BrN2OS. The number of ether oxygens (including phenoxy) is 1. The summed E-state index contributed by atoms with van der Waals surface area (Å²) in [6, 6.07) is 8.41.